The molecule has 2 rings (SSSR count). The molecule has 2 nitrogen and oxygen atoms in total. The van der Waals surface area contributed by atoms with Gasteiger partial charge in [0, 0.05) is 22.1 Å². The van der Waals surface area contributed by atoms with Crippen LogP contribution in [0.2, 0.25) is 10.0 Å². The molecule has 7 heteroatoms. The minimum absolute atomic E-state index is 0.165. The topological polar surface area (TPSA) is 24.9 Å². The van der Waals surface area contributed by atoms with Gasteiger partial charge in [0.15, 0.2) is 0 Å². The highest BCUT2D eigenvalue weighted by Gasteiger charge is 2.17. The Morgan fingerprint density at radius 3 is 2.60 bits per heavy atom. The third-order valence-electron chi connectivity index (χ3n) is 2.75. The summed E-state index contributed by atoms with van der Waals surface area (Å²) < 4.78 is 26.5. The second-order valence-corrected chi connectivity index (χ2v) is 5.81. The number of pyridine rings is 1. The SMILES string of the molecule is CCCNc1cc(C(F)F)nc2c(Cl)c(Cl)c(Br)cc12. The van der Waals surface area contributed by atoms with E-state index in [1.54, 1.807) is 6.07 Å². The minimum atomic E-state index is -2.67. The van der Waals surface area contributed by atoms with Gasteiger partial charge in [0.05, 0.1) is 15.6 Å². The monoisotopic (exact) mass is 382 g/mol. The molecular formula is C13H11BrCl2F2N2. The first-order valence-electron chi connectivity index (χ1n) is 5.95. The Kier molecular flexibility index (Phi) is 5.04. The normalized spacial score (nSPS) is 11.3. The molecule has 0 radical (unpaired) electrons. The molecule has 0 aliphatic rings. The highest BCUT2D eigenvalue weighted by Crippen LogP contribution is 2.39. The average Bonchev–Trinajstić information content (AvgIpc) is 2.42. The van der Waals surface area contributed by atoms with Crippen molar-refractivity contribution in [1.82, 2.24) is 4.98 Å². The third-order valence-corrected chi connectivity index (χ3v) is 4.46. The largest absolute Gasteiger partial charge is 0.384 e. The summed E-state index contributed by atoms with van der Waals surface area (Å²) in [6.45, 7) is 2.66. The lowest BCUT2D eigenvalue weighted by Gasteiger charge is -2.13. The van der Waals surface area contributed by atoms with Crippen LogP contribution < -0.4 is 5.32 Å². The second kappa shape index (κ2) is 6.41. The smallest absolute Gasteiger partial charge is 0.280 e. The zero-order valence-electron chi connectivity index (χ0n) is 10.5. The minimum Gasteiger partial charge on any atom is -0.384 e. The molecule has 0 bridgehead atoms. The van der Waals surface area contributed by atoms with E-state index in [0.29, 0.717) is 22.1 Å². The standard InChI is InChI=1S/C13H11BrCl2F2N2/c1-2-3-19-8-5-9(13(17)18)20-12-6(8)4-7(14)10(15)11(12)16/h4-5,13H,2-3H2,1H3,(H,19,20). The summed E-state index contributed by atoms with van der Waals surface area (Å²) >= 11 is 15.4. The van der Waals surface area contributed by atoms with E-state index in [9.17, 15) is 8.78 Å². The summed E-state index contributed by atoms with van der Waals surface area (Å²) in [7, 11) is 0. The van der Waals surface area contributed by atoms with Crippen LogP contribution in [-0.4, -0.2) is 11.5 Å². The van der Waals surface area contributed by atoms with Crippen LogP contribution in [0.5, 0.6) is 0 Å². The van der Waals surface area contributed by atoms with Gasteiger partial charge in [0.1, 0.15) is 5.69 Å². The molecule has 0 unspecified atom stereocenters. The lowest BCUT2D eigenvalue weighted by molar-refractivity contribution is 0.146. The number of halogens is 5. The Morgan fingerprint density at radius 1 is 1.30 bits per heavy atom. The Labute approximate surface area is 133 Å². The van der Waals surface area contributed by atoms with Crippen molar-refractivity contribution in [3.05, 3.63) is 32.3 Å². The van der Waals surface area contributed by atoms with Crippen LogP contribution in [0.25, 0.3) is 10.9 Å². The number of rotatable bonds is 4. The number of alkyl halides is 2. The molecule has 1 heterocycles. The summed E-state index contributed by atoms with van der Waals surface area (Å²) in [5.74, 6) is 0. The van der Waals surface area contributed by atoms with Gasteiger partial charge in [0.2, 0.25) is 0 Å². The average molecular weight is 384 g/mol. The molecular weight excluding hydrogens is 373 g/mol. The number of nitrogens with zero attached hydrogens (tertiary/aromatic N) is 1. The van der Waals surface area contributed by atoms with Gasteiger partial charge in [-0.25, -0.2) is 13.8 Å². The van der Waals surface area contributed by atoms with Gasteiger partial charge in [0.25, 0.3) is 6.43 Å². The van der Waals surface area contributed by atoms with Crippen molar-refractivity contribution in [3.63, 3.8) is 0 Å². The van der Waals surface area contributed by atoms with Crippen molar-refractivity contribution < 1.29 is 8.78 Å². The van der Waals surface area contributed by atoms with Crippen molar-refractivity contribution in [2.45, 2.75) is 19.8 Å². The van der Waals surface area contributed by atoms with Gasteiger partial charge in [-0.05, 0) is 34.5 Å². The Balaban J connectivity index is 2.74. The summed E-state index contributed by atoms with van der Waals surface area (Å²) in [5.41, 5.74) is 0.527. The number of anilines is 1. The van der Waals surface area contributed by atoms with E-state index in [4.69, 9.17) is 23.2 Å². The summed E-state index contributed by atoms with van der Waals surface area (Å²) in [6.07, 6.45) is -1.80. The zero-order valence-corrected chi connectivity index (χ0v) is 13.6. The maximum Gasteiger partial charge on any atom is 0.280 e. The van der Waals surface area contributed by atoms with Crippen LogP contribution in [0.1, 0.15) is 25.5 Å². The Morgan fingerprint density at radius 2 is 2.00 bits per heavy atom. The molecule has 108 valence electrons. The molecule has 0 amide bonds. The lowest BCUT2D eigenvalue weighted by Crippen LogP contribution is -2.03. The first-order valence-corrected chi connectivity index (χ1v) is 7.50. The number of aromatic nitrogens is 1. The van der Waals surface area contributed by atoms with E-state index in [0.717, 1.165) is 6.42 Å². The first kappa shape index (κ1) is 15.7. The lowest BCUT2D eigenvalue weighted by atomic mass is 10.1. The second-order valence-electron chi connectivity index (χ2n) is 4.20. The molecule has 1 aromatic carbocycles. The molecule has 1 N–H and O–H groups in total. The molecule has 0 saturated heterocycles. The van der Waals surface area contributed by atoms with Crippen LogP contribution in [0.3, 0.4) is 0 Å². The zero-order chi connectivity index (χ0) is 14.9. The van der Waals surface area contributed by atoms with Gasteiger partial charge < -0.3 is 5.32 Å². The van der Waals surface area contributed by atoms with Gasteiger partial charge in [-0.3, -0.25) is 0 Å². The molecule has 20 heavy (non-hydrogen) atoms. The van der Waals surface area contributed by atoms with Crippen molar-refractivity contribution in [1.29, 1.82) is 0 Å². The molecule has 0 aliphatic carbocycles. The molecule has 0 atom stereocenters. The molecule has 0 aliphatic heterocycles. The van der Waals surface area contributed by atoms with E-state index in [2.05, 4.69) is 26.2 Å². The number of benzene rings is 1. The van der Waals surface area contributed by atoms with Crippen molar-refractivity contribution in [3.8, 4) is 0 Å². The fraction of sp³-hybridized carbons (Fsp3) is 0.308. The third kappa shape index (κ3) is 3.00. The summed E-state index contributed by atoms with van der Waals surface area (Å²) in [6, 6.07) is 3.07. The van der Waals surface area contributed by atoms with Gasteiger partial charge in [-0.15, -0.1) is 0 Å². The Hall–Kier alpha value is -0.650. The van der Waals surface area contributed by atoms with Crippen LogP contribution in [0.4, 0.5) is 14.5 Å². The van der Waals surface area contributed by atoms with E-state index in [1.807, 2.05) is 6.92 Å². The van der Waals surface area contributed by atoms with Gasteiger partial charge in [-0.1, -0.05) is 30.1 Å². The van der Waals surface area contributed by atoms with E-state index >= 15 is 0 Å². The first-order chi connectivity index (χ1) is 9.45. The van der Waals surface area contributed by atoms with E-state index in [1.165, 1.54) is 6.07 Å². The molecule has 0 saturated carbocycles. The number of nitrogens with one attached hydrogen (secondary N) is 1. The fourth-order valence-corrected chi connectivity index (χ4v) is 2.74. The molecule has 1 aromatic heterocycles. The van der Waals surface area contributed by atoms with Crippen molar-refractivity contribution in [2.24, 2.45) is 0 Å². The quantitative estimate of drug-likeness (QED) is 0.648. The number of fused-ring (bicyclic) bond motifs is 1. The predicted molar refractivity (Wildman–Crippen MR) is 83.2 cm³/mol. The van der Waals surface area contributed by atoms with E-state index in [-0.39, 0.29) is 21.3 Å². The fourth-order valence-electron chi connectivity index (χ4n) is 1.80. The molecule has 0 spiro atoms. The van der Waals surface area contributed by atoms with E-state index < -0.39 is 6.43 Å². The highest BCUT2D eigenvalue weighted by molar-refractivity contribution is 9.10. The maximum atomic E-state index is 12.9. The summed E-state index contributed by atoms with van der Waals surface area (Å²) in [5, 5.41) is 4.20. The molecule has 2 aromatic rings. The van der Waals surface area contributed by atoms with Crippen LogP contribution in [0.15, 0.2) is 16.6 Å². The van der Waals surface area contributed by atoms with Crippen LogP contribution >= 0.6 is 39.1 Å². The van der Waals surface area contributed by atoms with Gasteiger partial charge in [-0.2, -0.15) is 0 Å². The predicted octanol–water partition coefficient (Wildman–Crippen LogP) is 6.06. The van der Waals surface area contributed by atoms with Gasteiger partial charge >= 0.3 is 0 Å². The highest BCUT2D eigenvalue weighted by atomic mass is 79.9. The summed E-state index contributed by atoms with van der Waals surface area (Å²) in [4.78, 5) is 3.92. The maximum absolute atomic E-state index is 12.9. The van der Waals surface area contributed by atoms with Crippen molar-refractivity contribution in [2.75, 3.05) is 11.9 Å². The molecule has 0 fully saturated rings. The number of hydrogen-bond acceptors (Lipinski definition) is 2. The van der Waals surface area contributed by atoms with Crippen molar-refractivity contribution >= 4 is 55.7 Å². The van der Waals surface area contributed by atoms with Crippen LogP contribution in [0, 0.1) is 0 Å². The van der Waals surface area contributed by atoms with Crippen LogP contribution in [-0.2, 0) is 0 Å². The number of hydrogen-bond donors (Lipinski definition) is 1. The Bertz CT molecular complexity index is 650.